The molecule has 0 amide bonds. The fourth-order valence-electron chi connectivity index (χ4n) is 0.0680. The molecule has 0 spiro atoms. The largest absolute Gasteiger partial charge is 1.00 e. The van der Waals surface area contributed by atoms with Crippen LogP contribution in [0.4, 0.5) is 0 Å². The van der Waals surface area contributed by atoms with E-state index in [1.807, 2.05) is 0 Å². The van der Waals surface area contributed by atoms with Crippen molar-refractivity contribution in [3.05, 3.63) is 0 Å². The summed E-state index contributed by atoms with van der Waals surface area (Å²) in [6.07, 6.45) is 0. The third-order valence-corrected chi connectivity index (χ3v) is 1.22. The summed E-state index contributed by atoms with van der Waals surface area (Å²) in [5.41, 5.74) is 0. The van der Waals surface area contributed by atoms with E-state index in [2.05, 4.69) is 8.37 Å². The molecule has 6 heteroatoms. The maximum absolute atomic E-state index is 9.92. The SMILES string of the molecule is COS(=O)(=O)OC.[Na+]. The molecule has 0 fully saturated rings. The van der Waals surface area contributed by atoms with Crippen molar-refractivity contribution in [2.75, 3.05) is 14.2 Å². The summed E-state index contributed by atoms with van der Waals surface area (Å²) in [4.78, 5) is 0. The van der Waals surface area contributed by atoms with Gasteiger partial charge in [-0.05, 0) is 0 Å². The van der Waals surface area contributed by atoms with Gasteiger partial charge >= 0.3 is 40.0 Å². The molecule has 0 saturated heterocycles. The number of hydrogen-bond acceptors (Lipinski definition) is 4. The minimum Gasteiger partial charge on any atom is -0.252 e. The molecular formula is C2H6NaO4S+. The Morgan fingerprint density at radius 2 is 1.38 bits per heavy atom. The Morgan fingerprint density at radius 1 is 1.12 bits per heavy atom. The molecule has 0 heterocycles. The molecule has 0 saturated carbocycles. The molecule has 0 radical (unpaired) electrons. The molecular weight excluding hydrogens is 143 g/mol. The second-order valence-electron chi connectivity index (χ2n) is 0.742. The number of rotatable bonds is 2. The van der Waals surface area contributed by atoms with E-state index in [1.165, 1.54) is 0 Å². The quantitative estimate of drug-likeness (QED) is 0.383. The van der Waals surface area contributed by atoms with Crippen LogP contribution < -0.4 is 29.6 Å². The molecule has 0 aliphatic rings. The van der Waals surface area contributed by atoms with E-state index < -0.39 is 10.4 Å². The molecule has 0 aromatic rings. The van der Waals surface area contributed by atoms with Gasteiger partial charge in [-0.1, -0.05) is 0 Å². The normalized spacial score (nSPS) is 10.2. The average Bonchev–Trinajstić information content (AvgIpc) is 1.68. The van der Waals surface area contributed by atoms with Crippen molar-refractivity contribution in [1.29, 1.82) is 0 Å². The first-order chi connectivity index (χ1) is 3.12. The zero-order valence-electron chi connectivity index (χ0n) is 5.04. The molecule has 0 aromatic carbocycles. The van der Waals surface area contributed by atoms with Crippen molar-refractivity contribution in [2.24, 2.45) is 0 Å². The van der Waals surface area contributed by atoms with Gasteiger partial charge in [0.05, 0.1) is 14.2 Å². The van der Waals surface area contributed by atoms with Crippen molar-refractivity contribution in [2.45, 2.75) is 0 Å². The van der Waals surface area contributed by atoms with Gasteiger partial charge in [0.2, 0.25) is 0 Å². The zero-order chi connectivity index (χ0) is 5.91. The van der Waals surface area contributed by atoms with Gasteiger partial charge in [0.1, 0.15) is 0 Å². The van der Waals surface area contributed by atoms with Crippen LogP contribution in [0.3, 0.4) is 0 Å². The topological polar surface area (TPSA) is 52.6 Å². The monoisotopic (exact) mass is 149 g/mol. The fourth-order valence-corrected chi connectivity index (χ4v) is 0.204. The molecule has 44 valence electrons. The van der Waals surface area contributed by atoms with E-state index in [0.29, 0.717) is 0 Å². The smallest absolute Gasteiger partial charge is 0.252 e. The molecule has 4 nitrogen and oxygen atoms in total. The summed E-state index contributed by atoms with van der Waals surface area (Å²) in [5, 5.41) is 0. The Labute approximate surface area is 70.8 Å². The average molecular weight is 149 g/mol. The predicted octanol–water partition coefficient (Wildman–Crippen LogP) is -3.47. The zero-order valence-corrected chi connectivity index (χ0v) is 7.86. The van der Waals surface area contributed by atoms with E-state index >= 15 is 0 Å². The van der Waals surface area contributed by atoms with Crippen LogP contribution in [0.5, 0.6) is 0 Å². The van der Waals surface area contributed by atoms with Crippen LogP contribution in [0, 0.1) is 0 Å². The summed E-state index contributed by atoms with van der Waals surface area (Å²) in [5.74, 6) is 0. The van der Waals surface area contributed by atoms with Crippen LogP contribution in [0.1, 0.15) is 0 Å². The maximum Gasteiger partial charge on any atom is 1.00 e. The molecule has 0 aromatic heterocycles. The van der Waals surface area contributed by atoms with Crippen LogP contribution in [-0.4, -0.2) is 22.6 Å². The first kappa shape index (κ1) is 11.6. The summed E-state index contributed by atoms with van der Waals surface area (Å²) in [7, 11) is -1.60. The Balaban J connectivity index is 0. The molecule has 0 aliphatic carbocycles. The van der Waals surface area contributed by atoms with Crippen LogP contribution in [0.15, 0.2) is 0 Å². The molecule has 0 N–H and O–H groups in total. The van der Waals surface area contributed by atoms with E-state index in [0.717, 1.165) is 14.2 Å². The van der Waals surface area contributed by atoms with Gasteiger partial charge in [-0.25, -0.2) is 0 Å². The van der Waals surface area contributed by atoms with Crippen molar-refractivity contribution < 1.29 is 46.3 Å². The maximum atomic E-state index is 9.92. The van der Waals surface area contributed by atoms with Crippen molar-refractivity contribution in [3.8, 4) is 0 Å². The molecule has 8 heavy (non-hydrogen) atoms. The van der Waals surface area contributed by atoms with Gasteiger partial charge in [0, 0.05) is 0 Å². The Hall–Kier alpha value is 0.870. The molecule has 0 bridgehead atoms. The standard InChI is InChI=1S/C2H6O4S.Na/c1-5-7(3,4)6-2;/h1-2H3;/q;+1. The fraction of sp³-hybridized carbons (Fsp3) is 1.00. The van der Waals surface area contributed by atoms with Gasteiger partial charge in [-0.2, -0.15) is 8.42 Å². The molecule has 0 unspecified atom stereocenters. The van der Waals surface area contributed by atoms with Gasteiger partial charge in [0.25, 0.3) is 0 Å². The predicted molar refractivity (Wildman–Crippen MR) is 22.9 cm³/mol. The number of hydrogen-bond donors (Lipinski definition) is 0. The van der Waals surface area contributed by atoms with Crippen LogP contribution >= 0.6 is 0 Å². The summed E-state index contributed by atoms with van der Waals surface area (Å²) in [6.45, 7) is 0. The minimum absolute atomic E-state index is 0. The van der Waals surface area contributed by atoms with Crippen molar-refractivity contribution in [1.82, 2.24) is 0 Å². The molecule has 0 rings (SSSR count). The van der Waals surface area contributed by atoms with Gasteiger partial charge in [-0.15, -0.1) is 0 Å². The first-order valence-electron chi connectivity index (χ1n) is 1.48. The van der Waals surface area contributed by atoms with Crippen LogP contribution in [-0.2, 0) is 18.8 Å². The Morgan fingerprint density at radius 3 is 1.38 bits per heavy atom. The first-order valence-corrected chi connectivity index (χ1v) is 2.82. The second kappa shape index (κ2) is 4.72. The van der Waals surface area contributed by atoms with Crippen LogP contribution in [0.25, 0.3) is 0 Å². The summed E-state index contributed by atoms with van der Waals surface area (Å²) < 4.78 is 27.5. The van der Waals surface area contributed by atoms with Gasteiger partial charge in [0.15, 0.2) is 0 Å². The summed E-state index contributed by atoms with van der Waals surface area (Å²) >= 11 is 0. The Bertz CT molecular complexity index is 117. The van der Waals surface area contributed by atoms with Gasteiger partial charge in [-0.3, -0.25) is 8.37 Å². The third-order valence-electron chi connectivity index (χ3n) is 0.408. The summed E-state index contributed by atoms with van der Waals surface area (Å²) in [6, 6.07) is 0. The van der Waals surface area contributed by atoms with E-state index in [4.69, 9.17) is 0 Å². The van der Waals surface area contributed by atoms with Crippen molar-refractivity contribution in [3.63, 3.8) is 0 Å². The van der Waals surface area contributed by atoms with E-state index in [-0.39, 0.29) is 29.6 Å². The van der Waals surface area contributed by atoms with Crippen LogP contribution in [0.2, 0.25) is 0 Å². The molecule has 0 aliphatic heterocycles. The second-order valence-corrected chi connectivity index (χ2v) is 2.22. The van der Waals surface area contributed by atoms with E-state index in [9.17, 15) is 8.42 Å². The van der Waals surface area contributed by atoms with E-state index in [1.54, 1.807) is 0 Å². The van der Waals surface area contributed by atoms with Gasteiger partial charge < -0.3 is 0 Å². The molecule has 0 atom stereocenters. The third kappa shape index (κ3) is 5.02. The van der Waals surface area contributed by atoms with Crippen molar-refractivity contribution >= 4 is 10.4 Å². The minimum atomic E-state index is -3.66. The Kier molecular flexibility index (Phi) is 6.87.